The van der Waals surface area contributed by atoms with Gasteiger partial charge in [-0.25, -0.2) is 0 Å². The highest BCUT2D eigenvalue weighted by molar-refractivity contribution is 5.84. The molecule has 0 bridgehead atoms. The second-order valence-corrected chi connectivity index (χ2v) is 2.88. The summed E-state index contributed by atoms with van der Waals surface area (Å²) in [6.45, 7) is 0. The molecule has 0 fully saturated rings. The molecule has 0 amide bonds. The van der Waals surface area contributed by atoms with Crippen LogP contribution in [0.5, 0.6) is 0 Å². The van der Waals surface area contributed by atoms with Crippen LogP contribution in [-0.2, 0) is 0 Å². The number of carbonyl (C=O) groups excluding carboxylic acids is 1. The van der Waals surface area contributed by atoms with E-state index in [-0.39, 0.29) is 0 Å². The average Bonchev–Trinajstić information content (AvgIpc) is 2.15. The molecule has 0 aliphatic rings. The summed E-state index contributed by atoms with van der Waals surface area (Å²) in [6.07, 6.45) is 2.54. The lowest BCUT2D eigenvalue weighted by Crippen LogP contribution is -2.01. The molecule has 0 unspecified atom stereocenters. The minimum atomic E-state index is 0.669. The molecule has 0 aliphatic heterocycles. The van der Waals surface area contributed by atoms with Gasteiger partial charge in [0.15, 0.2) is 0 Å². The Kier molecular flexibility index (Phi) is 3.20. The molecule has 1 aromatic rings. The van der Waals surface area contributed by atoms with Gasteiger partial charge in [-0.2, -0.15) is 5.10 Å². The molecule has 0 spiro atoms. The lowest BCUT2D eigenvalue weighted by atomic mass is 10.1. The van der Waals surface area contributed by atoms with Crippen molar-refractivity contribution in [2.75, 3.05) is 14.1 Å². The summed E-state index contributed by atoms with van der Waals surface area (Å²) in [7, 11) is 3.69. The number of nitrogens with zero attached hydrogens (tertiary/aromatic N) is 2. The number of rotatable bonds is 3. The second kappa shape index (κ2) is 4.40. The van der Waals surface area contributed by atoms with E-state index in [1.807, 2.05) is 26.2 Å². The lowest BCUT2D eigenvalue weighted by molar-refractivity contribution is 0.112. The number of carbonyl (C=O) groups is 1. The third kappa shape index (κ3) is 3.07. The lowest BCUT2D eigenvalue weighted by Gasteiger charge is -2.02. The van der Waals surface area contributed by atoms with Gasteiger partial charge >= 0.3 is 0 Å². The highest BCUT2D eigenvalue weighted by Gasteiger charge is 1.90. The summed E-state index contributed by atoms with van der Waals surface area (Å²) in [5, 5.41) is 5.76. The molecule has 0 saturated heterocycles. The van der Waals surface area contributed by atoms with Crippen LogP contribution in [0.3, 0.4) is 0 Å². The molecule has 0 aromatic heterocycles. The quantitative estimate of drug-likeness (QED) is 0.396. The highest BCUT2D eigenvalue weighted by Crippen LogP contribution is 2.00. The topological polar surface area (TPSA) is 32.7 Å². The molecular weight excluding hydrogens is 164 g/mol. The molecule has 0 atom stereocenters. The van der Waals surface area contributed by atoms with Gasteiger partial charge in [0.1, 0.15) is 6.29 Å². The van der Waals surface area contributed by atoms with Crippen LogP contribution in [0.15, 0.2) is 29.4 Å². The SMILES string of the molecule is CN(C)/N=C/c1cccc(C=O)c1. The van der Waals surface area contributed by atoms with E-state index in [1.54, 1.807) is 23.4 Å². The van der Waals surface area contributed by atoms with Crippen molar-refractivity contribution in [3.05, 3.63) is 35.4 Å². The summed E-state index contributed by atoms with van der Waals surface area (Å²) in [5.74, 6) is 0. The zero-order valence-electron chi connectivity index (χ0n) is 7.77. The molecule has 0 heterocycles. The van der Waals surface area contributed by atoms with Crippen LogP contribution >= 0.6 is 0 Å². The van der Waals surface area contributed by atoms with Crippen molar-refractivity contribution in [1.82, 2.24) is 5.01 Å². The van der Waals surface area contributed by atoms with Crippen LogP contribution in [-0.4, -0.2) is 31.6 Å². The Hall–Kier alpha value is -1.64. The first kappa shape index (κ1) is 9.45. The predicted octanol–water partition coefficient (Wildman–Crippen LogP) is 1.39. The minimum Gasteiger partial charge on any atom is -0.303 e. The van der Waals surface area contributed by atoms with Gasteiger partial charge in [-0.05, 0) is 11.6 Å². The maximum absolute atomic E-state index is 10.4. The van der Waals surface area contributed by atoms with E-state index in [4.69, 9.17) is 0 Å². The molecule has 0 N–H and O–H groups in total. The van der Waals surface area contributed by atoms with Crippen LogP contribution in [0, 0.1) is 0 Å². The zero-order valence-corrected chi connectivity index (χ0v) is 7.77. The molecule has 3 nitrogen and oxygen atoms in total. The molecule has 0 radical (unpaired) electrons. The Bertz CT molecular complexity index is 318. The van der Waals surface area contributed by atoms with Gasteiger partial charge in [-0.1, -0.05) is 18.2 Å². The van der Waals surface area contributed by atoms with Gasteiger partial charge in [0.2, 0.25) is 0 Å². The Morgan fingerprint density at radius 3 is 2.62 bits per heavy atom. The van der Waals surface area contributed by atoms with Gasteiger partial charge in [-0.3, -0.25) is 4.79 Å². The Balaban J connectivity index is 2.83. The Morgan fingerprint density at radius 2 is 2.00 bits per heavy atom. The van der Waals surface area contributed by atoms with Crippen LogP contribution in [0.25, 0.3) is 0 Å². The second-order valence-electron chi connectivity index (χ2n) is 2.88. The molecule has 1 aromatic carbocycles. The summed E-state index contributed by atoms with van der Waals surface area (Å²) in [4.78, 5) is 10.4. The maximum Gasteiger partial charge on any atom is 0.150 e. The van der Waals surface area contributed by atoms with Gasteiger partial charge in [0.25, 0.3) is 0 Å². The summed E-state index contributed by atoms with van der Waals surface area (Å²) >= 11 is 0. The van der Waals surface area contributed by atoms with Crippen LogP contribution in [0.4, 0.5) is 0 Å². The van der Waals surface area contributed by atoms with Crippen molar-refractivity contribution >= 4 is 12.5 Å². The fourth-order valence-corrected chi connectivity index (χ4v) is 0.895. The fraction of sp³-hybridized carbons (Fsp3) is 0.200. The first-order valence-corrected chi connectivity index (χ1v) is 3.99. The smallest absolute Gasteiger partial charge is 0.150 e. The number of hydrazone groups is 1. The third-order valence-electron chi connectivity index (χ3n) is 1.48. The van der Waals surface area contributed by atoms with Crippen LogP contribution in [0.2, 0.25) is 0 Å². The van der Waals surface area contributed by atoms with E-state index in [0.717, 1.165) is 11.8 Å². The standard InChI is InChI=1S/C10H12N2O/c1-12(2)11-7-9-4-3-5-10(6-9)8-13/h3-8H,1-2H3/b11-7+. The van der Waals surface area contributed by atoms with Gasteiger partial charge < -0.3 is 5.01 Å². The summed E-state index contributed by atoms with van der Waals surface area (Å²) in [6, 6.07) is 7.29. The number of aldehydes is 1. The van der Waals surface area contributed by atoms with Crippen molar-refractivity contribution in [3.63, 3.8) is 0 Å². The van der Waals surface area contributed by atoms with Gasteiger partial charge in [0.05, 0.1) is 6.21 Å². The van der Waals surface area contributed by atoms with E-state index < -0.39 is 0 Å². The van der Waals surface area contributed by atoms with E-state index in [0.29, 0.717) is 5.56 Å². The van der Waals surface area contributed by atoms with Crippen molar-refractivity contribution in [3.8, 4) is 0 Å². The molecule has 1 rings (SSSR count). The summed E-state index contributed by atoms with van der Waals surface area (Å²) < 4.78 is 0. The predicted molar refractivity (Wildman–Crippen MR) is 53.1 cm³/mol. The first-order valence-electron chi connectivity index (χ1n) is 3.99. The van der Waals surface area contributed by atoms with Gasteiger partial charge in [-0.15, -0.1) is 0 Å². The molecule has 3 heteroatoms. The normalized spacial score (nSPS) is 10.3. The van der Waals surface area contributed by atoms with Crippen LogP contribution in [0.1, 0.15) is 15.9 Å². The average molecular weight is 176 g/mol. The number of hydrogen-bond acceptors (Lipinski definition) is 3. The van der Waals surface area contributed by atoms with E-state index in [1.165, 1.54) is 0 Å². The molecule has 0 saturated carbocycles. The van der Waals surface area contributed by atoms with E-state index >= 15 is 0 Å². The maximum atomic E-state index is 10.4. The molecule has 0 aliphatic carbocycles. The highest BCUT2D eigenvalue weighted by atomic mass is 16.1. The van der Waals surface area contributed by atoms with Crippen molar-refractivity contribution in [2.24, 2.45) is 5.10 Å². The third-order valence-corrected chi connectivity index (χ3v) is 1.48. The monoisotopic (exact) mass is 176 g/mol. The van der Waals surface area contributed by atoms with Crippen molar-refractivity contribution in [1.29, 1.82) is 0 Å². The largest absolute Gasteiger partial charge is 0.303 e. The Labute approximate surface area is 77.7 Å². The first-order chi connectivity index (χ1) is 6.22. The van der Waals surface area contributed by atoms with Gasteiger partial charge in [0, 0.05) is 19.7 Å². The molecule has 68 valence electrons. The summed E-state index contributed by atoms with van der Waals surface area (Å²) in [5.41, 5.74) is 1.60. The molecule has 13 heavy (non-hydrogen) atoms. The van der Waals surface area contributed by atoms with Crippen LogP contribution < -0.4 is 0 Å². The number of hydrogen-bond donors (Lipinski definition) is 0. The molecular formula is C10H12N2O. The fourth-order valence-electron chi connectivity index (χ4n) is 0.895. The van der Waals surface area contributed by atoms with Crippen molar-refractivity contribution < 1.29 is 4.79 Å². The Morgan fingerprint density at radius 1 is 1.31 bits per heavy atom. The number of benzene rings is 1. The zero-order chi connectivity index (χ0) is 9.68. The van der Waals surface area contributed by atoms with Crippen molar-refractivity contribution in [2.45, 2.75) is 0 Å². The minimum absolute atomic E-state index is 0.669. The van der Waals surface area contributed by atoms with E-state index in [2.05, 4.69) is 5.10 Å². The van der Waals surface area contributed by atoms with E-state index in [9.17, 15) is 4.79 Å².